The van der Waals surface area contributed by atoms with E-state index in [1.165, 1.54) is 7.11 Å². The highest BCUT2D eigenvalue weighted by molar-refractivity contribution is 5.98. The highest BCUT2D eigenvalue weighted by atomic mass is 16.5. The average molecular weight is 444 g/mol. The lowest BCUT2D eigenvalue weighted by molar-refractivity contribution is -0.140. The van der Waals surface area contributed by atoms with Gasteiger partial charge in [-0.3, -0.25) is 19.7 Å². The van der Waals surface area contributed by atoms with Crippen LogP contribution in [0.3, 0.4) is 0 Å². The molecule has 1 aliphatic carbocycles. The van der Waals surface area contributed by atoms with Crippen molar-refractivity contribution in [2.75, 3.05) is 26.5 Å². The van der Waals surface area contributed by atoms with Gasteiger partial charge in [0.15, 0.2) is 0 Å². The molecule has 0 atom stereocenters. The van der Waals surface area contributed by atoms with Crippen molar-refractivity contribution in [2.24, 2.45) is 0 Å². The van der Waals surface area contributed by atoms with Crippen LogP contribution >= 0.6 is 0 Å². The molecule has 3 rings (SSSR count). The summed E-state index contributed by atoms with van der Waals surface area (Å²) in [5.41, 5.74) is 1.30. The van der Waals surface area contributed by atoms with Gasteiger partial charge >= 0.3 is 5.97 Å². The van der Waals surface area contributed by atoms with Crippen LogP contribution in [0.2, 0.25) is 0 Å². The second-order valence-corrected chi connectivity index (χ2v) is 8.55. The smallest absolute Gasteiger partial charge is 0.305 e. The van der Waals surface area contributed by atoms with Crippen molar-refractivity contribution in [3.8, 4) is 0 Å². The van der Waals surface area contributed by atoms with Crippen LogP contribution in [0.1, 0.15) is 80.7 Å². The number of rotatable bonds is 10. The largest absolute Gasteiger partial charge is 0.469 e. The van der Waals surface area contributed by atoms with Gasteiger partial charge in [0.25, 0.3) is 5.91 Å². The highest BCUT2D eigenvalue weighted by Gasteiger charge is 2.26. The molecule has 2 aromatic heterocycles. The number of carbonyl (C=O) groups excluding carboxylic acids is 3. The maximum absolute atomic E-state index is 12.8. The number of hydrogen-bond acceptors (Lipinski definition) is 6. The Morgan fingerprint density at radius 1 is 1.12 bits per heavy atom. The van der Waals surface area contributed by atoms with Gasteiger partial charge in [0.2, 0.25) is 11.9 Å². The number of carbonyl (C=O) groups is 3. The zero-order valence-corrected chi connectivity index (χ0v) is 19.2. The highest BCUT2D eigenvalue weighted by Crippen LogP contribution is 2.34. The van der Waals surface area contributed by atoms with E-state index in [-0.39, 0.29) is 29.8 Å². The lowest BCUT2D eigenvalue weighted by Crippen LogP contribution is -2.25. The van der Waals surface area contributed by atoms with Gasteiger partial charge in [0, 0.05) is 44.6 Å². The molecule has 2 amide bonds. The van der Waals surface area contributed by atoms with Gasteiger partial charge in [-0.2, -0.15) is 4.98 Å². The van der Waals surface area contributed by atoms with Crippen molar-refractivity contribution in [3.63, 3.8) is 0 Å². The SMILES string of the molecule is COC(=O)CCCCCCC(=O)Nc1ncc2cc(C(=O)N(C)C)n(C3CCCC3)c2n1. The number of hydrogen-bond donors (Lipinski definition) is 1. The molecule has 9 heteroatoms. The summed E-state index contributed by atoms with van der Waals surface area (Å²) >= 11 is 0. The fourth-order valence-corrected chi connectivity index (χ4v) is 4.19. The Bertz CT molecular complexity index is 963. The molecule has 174 valence electrons. The molecule has 2 heterocycles. The summed E-state index contributed by atoms with van der Waals surface area (Å²) in [6.45, 7) is 0. The molecule has 32 heavy (non-hydrogen) atoms. The monoisotopic (exact) mass is 443 g/mol. The number of esters is 1. The summed E-state index contributed by atoms with van der Waals surface area (Å²) in [5, 5.41) is 3.58. The van der Waals surface area contributed by atoms with Gasteiger partial charge in [-0.25, -0.2) is 4.98 Å². The quantitative estimate of drug-likeness (QED) is 0.443. The third kappa shape index (κ3) is 5.83. The van der Waals surface area contributed by atoms with E-state index in [1.54, 1.807) is 25.2 Å². The first-order valence-corrected chi connectivity index (χ1v) is 11.4. The van der Waals surface area contributed by atoms with Crippen molar-refractivity contribution in [3.05, 3.63) is 18.0 Å². The van der Waals surface area contributed by atoms with Gasteiger partial charge in [0.05, 0.1) is 7.11 Å². The summed E-state index contributed by atoms with van der Waals surface area (Å²) in [7, 11) is 4.87. The van der Waals surface area contributed by atoms with Crippen LogP contribution in [-0.4, -0.2) is 58.4 Å². The van der Waals surface area contributed by atoms with Gasteiger partial charge < -0.3 is 14.2 Å². The van der Waals surface area contributed by atoms with Crippen molar-refractivity contribution < 1.29 is 19.1 Å². The van der Waals surface area contributed by atoms with Crippen LogP contribution < -0.4 is 5.32 Å². The van der Waals surface area contributed by atoms with E-state index in [4.69, 9.17) is 0 Å². The molecule has 2 aromatic rings. The van der Waals surface area contributed by atoms with Gasteiger partial charge in [-0.05, 0) is 31.7 Å². The molecule has 0 bridgehead atoms. The normalized spacial score (nSPS) is 14.0. The Kier molecular flexibility index (Phi) is 8.19. The topological polar surface area (TPSA) is 106 Å². The number of anilines is 1. The third-order valence-corrected chi connectivity index (χ3v) is 5.90. The Balaban J connectivity index is 1.65. The van der Waals surface area contributed by atoms with E-state index in [0.717, 1.165) is 56.8 Å². The van der Waals surface area contributed by atoms with E-state index in [0.29, 0.717) is 24.2 Å². The maximum Gasteiger partial charge on any atom is 0.305 e. The standard InChI is InChI=1S/C23H33N5O4/c1-27(2)22(31)18-14-16-15-24-23(26-21(16)28(18)17-10-8-9-11-17)25-19(29)12-6-4-5-7-13-20(30)32-3/h14-15,17H,4-13H2,1-3H3,(H,24,25,26,29). The zero-order valence-electron chi connectivity index (χ0n) is 19.2. The first kappa shape index (κ1) is 23.7. The number of ether oxygens (including phenoxy) is 1. The molecular weight excluding hydrogens is 410 g/mol. The Hall–Kier alpha value is -2.97. The van der Waals surface area contributed by atoms with E-state index < -0.39 is 0 Å². The van der Waals surface area contributed by atoms with Crippen molar-refractivity contribution in [1.82, 2.24) is 19.4 Å². The molecule has 1 aliphatic rings. The number of nitrogens with zero attached hydrogens (tertiary/aromatic N) is 4. The zero-order chi connectivity index (χ0) is 23.1. The van der Waals surface area contributed by atoms with E-state index in [9.17, 15) is 14.4 Å². The van der Waals surface area contributed by atoms with E-state index in [2.05, 4.69) is 20.0 Å². The number of fused-ring (bicyclic) bond motifs is 1. The minimum Gasteiger partial charge on any atom is -0.469 e. The predicted molar refractivity (Wildman–Crippen MR) is 121 cm³/mol. The predicted octanol–water partition coefficient (Wildman–Crippen LogP) is 3.70. The fraction of sp³-hybridized carbons (Fsp3) is 0.609. The summed E-state index contributed by atoms with van der Waals surface area (Å²) in [4.78, 5) is 46.7. The molecule has 0 unspecified atom stereocenters. The average Bonchev–Trinajstić information content (AvgIpc) is 3.42. The maximum atomic E-state index is 12.8. The van der Waals surface area contributed by atoms with Gasteiger partial charge in [-0.1, -0.05) is 25.7 Å². The van der Waals surface area contributed by atoms with Crippen LogP contribution in [0.4, 0.5) is 5.95 Å². The molecule has 0 aromatic carbocycles. The number of amides is 2. The molecule has 1 N–H and O–H groups in total. The number of unbranched alkanes of at least 4 members (excludes halogenated alkanes) is 3. The van der Waals surface area contributed by atoms with Crippen LogP contribution in [0.25, 0.3) is 11.0 Å². The first-order valence-electron chi connectivity index (χ1n) is 11.4. The summed E-state index contributed by atoms with van der Waals surface area (Å²) < 4.78 is 6.65. The molecule has 9 nitrogen and oxygen atoms in total. The molecular formula is C23H33N5O4. The van der Waals surface area contributed by atoms with E-state index in [1.807, 2.05) is 10.6 Å². The fourth-order valence-electron chi connectivity index (χ4n) is 4.19. The Labute approximate surface area is 188 Å². The number of nitrogens with one attached hydrogen (secondary N) is 1. The van der Waals surface area contributed by atoms with Crippen molar-refractivity contribution in [1.29, 1.82) is 0 Å². The lowest BCUT2D eigenvalue weighted by atomic mass is 10.1. The number of aromatic nitrogens is 3. The number of methoxy groups -OCH3 is 1. The van der Waals surface area contributed by atoms with E-state index >= 15 is 0 Å². The first-order chi connectivity index (χ1) is 15.4. The second-order valence-electron chi connectivity index (χ2n) is 8.55. The summed E-state index contributed by atoms with van der Waals surface area (Å²) in [6.07, 6.45) is 9.98. The minimum atomic E-state index is -0.201. The van der Waals surface area contributed by atoms with Crippen LogP contribution in [0.5, 0.6) is 0 Å². The molecule has 0 spiro atoms. The van der Waals surface area contributed by atoms with Crippen LogP contribution in [0.15, 0.2) is 12.3 Å². The van der Waals surface area contributed by atoms with Gasteiger partial charge in [-0.15, -0.1) is 0 Å². The van der Waals surface area contributed by atoms with Crippen molar-refractivity contribution >= 4 is 34.8 Å². The Morgan fingerprint density at radius 3 is 2.47 bits per heavy atom. The molecule has 0 saturated heterocycles. The lowest BCUT2D eigenvalue weighted by Gasteiger charge is -2.19. The molecule has 0 aliphatic heterocycles. The van der Waals surface area contributed by atoms with Crippen molar-refractivity contribution in [2.45, 2.75) is 70.3 Å². The van der Waals surface area contributed by atoms with Crippen LogP contribution in [0, 0.1) is 0 Å². The van der Waals surface area contributed by atoms with Crippen LogP contribution in [-0.2, 0) is 14.3 Å². The third-order valence-electron chi connectivity index (χ3n) is 5.90. The van der Waals surface area contributed by atoms with Gasteiger partial charge in [0.1, 0.15) is 11.3 Å². The molecule has 1 saturated carbocycles. The molecule has 1 fully saturated rings. The molecule has 0 radical (unpaired) electrons. The minimum absolute atomic E-state index is 0.0623. The second kappa shape index (κ2) is 11.1. The Morgan fingerprint density at radius 2 is 1.81 bits per heavy atom. The summed E-state index contributed by atoms with van der Waals surface area (Å²) in [5.74, 6) is -0.143. The summed E-state index contributed by atoms with van der Waals surface area (Å²) in [6, 6.07) is 2.07.